The third kappa shape index (κ3) is 4.37. The molecule has 27 heavy (non-hydrogen) atoms. The van der Waals surface area contributed by atoms with Crippen molar-refractivity contribution in [3.8, 4) is 5.75 Å². The Labute approximate surface area is 162 Å². The SMILES string of the molecule is COc1ccc(CCNC(=O)COC(=O)[C@H]2CS[C@]3(C)CCC(=O)N23)cc1. The molecule has 2 aliphatic heterocycles. The molecule has 2 aliphatic rings. The van der Waals surface area contributed by atoms with E-state index in [1.54, 1.807) is 23.8 Å². The number of carbonyl (C=O) groups is 3. The Kier molecular flexibility index (Phi) is 5.94. The third-order valence-electron chi connectivity index (χ3n) is 4.96. The molecule has 0 unspecified atom stereocenters. The van der Waals surface area contributed by atoms with Crippen LogP contribution >= 0.6 is 11.8 Å². The standard InChI is InChI=1S/C19H24N2O5S/c1-19-9-7-17(23)21(19)15(12-27-19)18(24)26-11-16(22)20-10-8-13-3-5-14(25-2)6-4-13/h3-6,15H,7-12H2,1-2H3,(H,20,22)/t15-,19-/m1/s1. The number of thioether (sulfide) groups is 1. The summed E-state index contributed by atoms with van der Waals surface area (Å²) >= 11 is 1.60. The summed E-state index contributed by atoms with van der Waals surface area (Å²) in [4.78, 5) is 37.6. The molecule has 0 bridgehead atoms. The number of ether oxygens (including phenoxy) is 2. The lowest BCUT2D eigenvalue weighted by atomic mass is 10.1. The van der Waals surface area contributed by atoms with Crippen molar-refractivity contribution < 1.29 is 23.9 Å². The molecule has 0 aliphatic carbocycles. The second-order valence-electron chi connectivity index (χ2n) is 6.82. The number of hydrogen-bond donors (Lipinski definition) is 1. The van der Waals surface area contributed by atoms with E-state index in [2.05, 4.69) is 5.32 Å². The number of carbonyl (C=O) groups excluding carboxylic acids is 3. The topological polar surface area (TPSA) is 84.9 Å². The minimum absolute atomic E-state index is 0.0200. The number of benzene rings is 1. The van der Waals surface area contributed by atoms with Gasteiger partial charge in [-0.05, 0) is 37.5 Å². The van der Waals surface area contributed by atoms with E-state index in [1.807, 2.05) is 31.2 Å². The summed E-state index contributed by atoms with van der Waals surface area (Å²) in [5.41, 5.74) is 1.07. The summed E-state index contributed by atoms with van der Waals surface area (Å²) in [6.07, 6.45) is 1.87. The highest BCUT2D eigenvalue weighted by Gasteiger charge is 2.53. The lowest BCUT2D eigenvalue weighted by molar-refractivity contribution is -0.156. The first kappa shape index (κ1) is 19.5. The maximum atomic E-state index is 12.3. The molecule has 2 saturated heterocycles. The van der Waals surface area contributed by atoms with Crippen LogP contribution in [0.5, 0.6) is 5.75 Å². The van der Waals surface area contributed by atoms with Crippen LogP contribution in [0.25, 0.3) is 0 Å². The molecule has 3 rings (SSSR count). The summed E-state index contributed by atoms with van der Waals surface area (Å²) in [6, 6.07) is 7.01. The first-order chi connectivity index (χ1) is 12.9. The van der Waals surface area contributed by atoms with E-state index in [0.717, 1.165) is 17.7 Å². The zero-order valence-electron chi connectivity index (χ0n) is 15.5. The van der Waals surface area contributed by atoms with Gasteiger partial charge in [-0.2, -0.15) is 0 Å². The van der Waals surface area contributed by atoms with Crippen molar-refractivity contribution in [2.24, 2.45) is 0 Å². The maximum Gasteiger partial charge on any atom is 0.330 e. The fourth-order valence-electron chi connectivity index (χ4n) is 3.42. The molecule has 8 heteroatoms. The van der Waals surface area contributed by atoms with Crippen molar-refractivity contribution in [2.45, 2.75) is 37.1 Å². The predicted molar refractivity (Wildman–Crippen MR) is 101 cm³/mol. The molecular weight excluding hydrogens is 368 g/mol. The zero-order valence-corrected chi connectivity index (χ0v) is 16.3. The normalized spacial score (nSPS) is 23.9. The van der Waals surface area contributed by atoms with E-state index in [1.165, 1.54) is 0 Å². The quantitative estimate of drug-likeness (QED) is 0.705. The zero-order chi connectivity index (χ0) is 19.4. The largest absolute Gasteiger partial charge is 0.497 e. The first-order valence-electron chi connectivity index (χ1n) is 8.95. The fourth-order valence-corrected chi connectivity index (χ4v) is 4.83. The molecule has 2 amide bonds. The lowest BCUT2D eigenvalue weighted by Crippen LogP contribution is -2.47. The van der Waals surface area contributed by atoms with Crippen molar-refractivity contribution >= 4 is 29.5 Å². The van der Waals surface area contributed by atoms with Gasteiger partial charge in [0.25, 0.3) is 5.91 Å². The molecule has 146 valence electrons. The predicted octanol–water partition coefficient (Wildman–Crippen LogP) is 1.35. The van der Waals surface area contributed by atoms with Gasteiger partial charge < -0.3 is 19.7 Å². The van der Waals surface area contributed by atoms with Crippen LogP contribution in [0.1, 0.15) is 25.3 Å². The van der Waals surface area contributed by atoms with Crippen LogP contribution in [-0.4, -0.2) is 59.6 Å². The number of hydrogen-bond acceptors (Lipinski definition) is 6. The molecule has 0 radical (unpaired) electrons. The summed E-state index contributed by atoms with van der Waals surface area (Å²) in [5.74, 6) is 0.422. The minimum Gasteiger partial charge on any atom is -0.497 e. The smallest absolute Gasteiger partial charge is 0.330 e. The molecule has 2 fully saturated rings. The number of esters is 1. The highest BCUT2D eigenvalue weighted by atomic mass is 32.2. The Balaban J connectivity index is 1.40. The van der Waals surface area contributed by atoms with Gasteiger partial charge in [0.1, 0.15) is 11.8 Å². The van der Waals surface area contributed by atoms with Gasteiger partial charge in [-0.3, -0.25) is 9.59 Å². The molecular formula is C19H24N2O5S. The Hall–Kier alpha value is -2.22. The molecule has 0 spiro atoms. The molecule has 0 aromatic heterocycles. The van der Waals surface area contributed by atoms with Gasteiger partial charge >= 0.3 is 5.97 Å². The monoisotopic (exact) mass is 392 g/mol. The van der Waals surface area contributed by atoms with Crippen LogP contribution in [0.4, 0.5) is 0 Å². The van der Waals surface area contributed by atoms with Crippen molar-refractivity contribution in [1.82, 2.24) is 10.2 Å². The Morgan fingerprint density at radius 3 is 2.78 bits per heavy atom. The molecule has 2 atom stereocenters. The summed E-state index contributed by atoms with van der Waals surface area (Å²) in [5, 5.41) is 2.74. The second-order valence-corrected chi connectivity index (χ2v) is 8.32. The second kappa shape index (κ2) is 8.21. The Bertz CT molecular complexity index is 723. The summed E-state index contributed by atoms with van der Waals surface area (Å²) in [7, 11) is 1.61. The van der Waals surface area contributed by atoms with Gasteiger partial charge in [0.05, 0.1) is 12.0 Å². The summed E-state index contributed by atoms with van der Waals surface area (Å²) in [6.45, 7) is 2.09. The third-order valence-corrected chi connectivity index (χ3v) is 6.46. The van der Waals surface area contributed by atoms with Gasteiger partial charge in [-0.25, -0.2) is 4.79 Å². The van der Waals surface area contributed by atoms with Gasteiger partial charge in [0, 0.05) is 18.7 Å². The Morgan fingerprint density at radius 1 is 1.33 bits per heavy atom. The fraction of sp³-hybridized carbons (Fsp3) is 0.526. The molecule has 1 N–H and O–H groups in total. The van der Waals surface area contributed by atoms with E-state index in [-0.39, 0.29) is 23.3 Å². The van der Waals surface area contributed by atoms with E-state index in [0.29, 0.717) is 25.1 Å². The van der Waals surface area contributed by atoms with Crippen LogP contribution < -0.4 is 10.1 Å². The van der Waals surface area contributed by atoms with Crippen LogP contribution in [0, 0.1) is 0 Å². The number of rotatable bonds is 7. The van der Waals surface area contributed by atoms with E-state index >= 15 is 0 Å². The average molecular weight is 392 g/mol. The van der Waals surface area contributed by atoms with Crippen LogP contribution in [0.15, 0.2) is 24.3 Å². The maximum absolute atomic E-state index is 12.3. The van der Waals surface area contributed by atoms with Crippen molar-refractivity contribution in [1.29, 1.82) is 0 Å². The van der Waals surface area contributed by atoms with Crippen LogP contribution in [0.3, 0.4) is 0 Å². The van der Waals surface area contributed by atoms with Crippen molar-refractivity contribution in [3.63, 3.8) is 0 Å². The minimum atomic E-state index is -0.595. The van der Waals surface area contributed by atoms with Crippen LogP contribution in [-0.2, 0) is 25.5 Å². The summed E-state index contributed by atoms with van der Waals surface area (Å²) < 4.78 is 10.3. The van der Waals surface area contributed by atoms with Crippen molar-refractivity contribution in [2.75, 3.05) is 26.0 Å². The lowest BCUT2D eigenvalue weighted by Gasteiger charge is -2.29. The van der Waals surface area contributed by atoms with E-state index in [4.69, 9.17) is 9.47 Å². The van der Waals surface area contributed by atoms with Gasteiger partial charge in [0.15, 0.2) is 6.61 Å². The van der Waals surface area contributed by atoms with Crippen LogP contribution in [0.2, 0.25) is 0 Å². The van der Waals surface area contributed by atoms with Gasteiger partial charge in [-0.1, -0.05) is 12.1 Å². The highest BCUT2D eigenvalue weighted by Crippen LogP contribution is 2.47. The number of fused-ring (bicyclic) bond motifs is 1. The number of nitrogens with one attached hydrogen (secondary N) is 1. The number of methoxy groups -OCH3 is 1. The molecule has 1 aromatic rings. The molecule has 7 nitrogen and oxygen atoms in total. The van der Waals surface area contributed by atoms with Gasteiger partial charge in [0.2, 0.25) is 5.91 Å². The molecule has 2 heterocycles. The van der Waals surface area contributed by atoms with Crippen molar-refractivity contribution in [3.05, 3.63) is 29.8 Å². The Morgan fingerprint density at radius 2 is 2.07 bits per heavy atom. The molecule has 0 saturated carbocycles. The molecule has 1 aromatic carbocycles. The number of nitrogens with zero attached hydrogens (tertiary/aromatic N) is 1. The van der Waals surface area contributed by atoms with E-state index in [9.17, 15) is 14.4 Å². The van der Waals surface area contributed by atoms with Gasteiger partial charge in [-0.15, -0.1) is 11.8 Å². The highest BCUT2D eigenvalue weighted by molar-refractivity contribution is 8.01. The average Bonchev–Trinajstić information content (AvgIpc) is 3.16. The van der Waals surface area contributed by atoms with E-state index < -0.39 is 12.0 Å². The number of amides is 2. The first-order valence-corrected chi connectivity index (χ1v) is 9.94.